The second-order valence-corrected chi connectivity index (χ2v) is 7.10. The van der Waals surface area contributed by atoms with Crippen LogP contribution in [0.5, 0.6) is 0 Å². The van der Waals surface area contributed by atoms with E-state index in [4.69, 9.17) is 10.2 Å². The number of hydrogen-bond donors (Lipinski definition) is 1. The first-order valence-electron chi connectivity index (χ1n) is 6.48. The summed E-state index contributed by atoms with van der Waals surface area (Å²) in [5, 5.41) is 8.37. The molecular weight excluding hydrogens is 294 g/mol. The molecule has 3 rings (SSSR count). The third-order valence-corrected chi connectivity index (χ3v) is 5.35. The van der Waals surface area contributed by atoms with E-state index >= 15 is 0 Å². The lowest BCUT2D eigenvalue weighted by Gasteiger charge is -2.16. The molecule has 1 amide bonds. The number of nitrogens with two attached hydrogens (primary N) is 1. The van der Waals surface area contributed by atoms with Gasteiger partial charge in [0.2, 0.25) is 5.91 Å². The molecule has 0 radical (unpaired) electrons. The van der Waals surface area contributed by atoms with Crippen LogP contribution in [0.15, 0.2) is 15.7 Å². The number of aromatic nitrogens is 2. The molecule has 7 heteroatoms. The molecule has 2 aromatic rings. The number of carbonyl (C=O) groups is 1. The quantitative estimate of drug-likeness (QED) is 0.877. The average Bonchev–Trinajstić information content (AvgIpc) is 3.01. The predicted octanol–water partition coefficient (Wildman–Crippen LogP) is 2.50. The van der Waals surface area contributed by atoms with E-state index in [1.165, 1.54) is 28.6 Å². The SMILES string of the molecule is C[C@H]1CCc2sc(-c3nnc(SCC(N)=O)o3)cc2C1. The second kappa shape index (κ2) is 5.57. The van der Waals surface area contributed by atoms with Crippen LogP contribution >= 0.6 is 23.1 Å². The Morgan fingerprint density at radius 2 is 2.45 bits per heavy atom. The summed E-state index contributed by atoms with van der Waals surface area (Å²) in [5.41, 5.74) is 6.50. The molecule has 0 saturated heterocycles. The van der Waals surface area contributed by atoms with Crippen LogP contribution in [0.2, 0.25) is 0 Å². The molecular formula is C13H15N3O2S2. The summed E-state index contributed by atoms with van der Waals surface area (Å²) in [6, 6.07) is 2.16. The second-order valence-electron chi connectivity index (χ2n) is 5.04. The molecule has 106 valence electrons. The van der Waals surface area contributed by atoms with Crippen LogP contribution in [0.3, 0.4) is 0 Å². The van der Waals surface area contributed by atoms with Crippen molar-refractivity contribution in [2.24, 2.45) is 11.7 Å². The Balaban J connectivity index is 1.78. The van der Waals surface area contributed by atoms with Crippen molar-refractivity contribution in [1.29, 1.82) is 0 Å². The number of hydrogen-bond acceptors (Lipinski definition) is 6. The van der Waals surface area contributed by atoms with E-state index in [0.717, 1.165) is 23.6 Å². The first kappa shape index (κ1) is 13.6. The molecule has 2 N–H and O–H groups in total. The van der Waals surface area contributed by atoms with Crippen molar-refractivity contribution in [3.8, 4) is 10.8 Å². The first-order valence-corrected chi connectivity index (χ1v) is 8.28. The number of primary amides is 1. The fraction of sp³-hybridized carbons (Fsp3) is 0.462. The first-order chi connectivity index (χ1) is 9.61. The molecule has 20 heavy (non-hydrogen) atoms. The lowest BCUT2D eigenvalue weighted by atomic mass is 9.90. The molecule has 0 fully saturated rings. The Bertz CT molecular complexity index is 635. The molecule has 0 aliphatic heterocycles. The zero-order chi connectivity index (χ0) is 14.1. The third kappa shape index (κ3) is 2.88. The standard InChI is InChI=1S/C13H15N3O2S2/c1-7-2-3-9-8(4-7)5-10(20-9)12-15-16-13(18-12)19-6-11(14)17/h5,7H,2-4,6H2,1H3,(H2,14,17)/t7-/m0/s1. The van der Waals surface area contributed by atoms with Crippen LogP contribution in [0, 0.1) is 5.92 Å². The van der Waals surface area contributed by atoms with Crippen LogP contribution < -0.4 is 5.73 Å². The summed E-state index contributed by atoms with van der Waals surface area (Å²) in [6.07, 6.45) is 3.51. The molecule has 0 saturated carbocycles. The summed E-state index contributed by atoms with van der Waals surface area (Å²) in [7, 11) is 0. The Morgan fingerprint density at radius 3 is 3.25 bits per heavy atom. The number of thioether (sulfide) groups is 1. The van der Waals surface area contributed by atoms with Crippen LogP contribution in [0.25, 0.3) is 10.8 Å². The van der Waals surface area contributed by atoms with Crippen molar-refractivity contribution in [2.45, 2.75) is 31.4 Å². The van der Waals surface area contributed by atoms with E-state index < -0.39 is 5.91 Å². The number of aryl methyl sites for hydroxylation is 1. The Morgan fingerprint density at radius 1 is 1.60 bits per heavy atom. The van der Waals surface area contributed by atoms with Gasteiger partial charge in [-0.15, -0.1) is 21.5 Å². The van der Waals surface area contributed by atoms with Crippen molar-refractivity contribution in [3.63, 3.8) is 0 Å². The van der Waals surface area contributed by atoms with Gasteiger partial charge in [-0.3, -0.25) is 4.79 Å². The topological polar surface area (TPSA) is 82.0 Å². The number of nitrogens with zero attached hydrogens (tertiary/aromatic N) is 2. The number of amides is 1. The zero-order valence-electron chi connectivity index (χ0n) is 11.1. The fourth-order valence-electron chi connectivity index (χ4n) is 2.31. The van der Waals surface area contributed by atoms with Crippen molar-refractivity contribution in [2.75, 3.05) is 5.75 Å². The minimum atomic E-state index is -0.393. The Hall–Kier alpha value is -1.34. The van der Waals surface area contributed by atoms with Crippen molar-refractivity contribution in [1.82, 2.24) is 10.2 Å². The molecule has 1 aliphatic rings. The average molecular weight is 309 g/mol. The van der Waals surface area contributed by atoms with Gasteiger partial charge in [0.1, 0.15) is 0 Å². The number of thiophene rings is 1. The summed E-state index contributed by atoms with van der Waals surface area (Å²) in [6.45, 7) is 2.28. The lowest BCUT2D eigenvalue weighted by Crippen LogP contribution is -2.12. The molecule has 0 bridgehead atoms. The highest BCUT2D eigenvalue weighted by molar-refractivity contribution is 7.99. The van der Waals surface area contributed by atoms with Crippen LogP contribution in [-0.4, -0.2) is 21.9 Å². The van der Waals surface area contributed by atoms with Gasteiger partial charge in [0.15, 0.2) is 0 Å². The Labute approximate surface area is 125 Å². The van der Waals surface area contributed by atoms with Crippen LogP contribution in [0.4, 0.5) is 0 Å². The maximum absolute atomic E-state index is 10.7. The van der Waals surface area contributed by atoms with Gasteiger partial charge < -0.3 is 10.2 Å². The molecule has 1 aliphatic carbocycles. The van der Waals surface area contributed by atoms with Crippen molar-refractivity contribution in [3.05, 3.63) is 16.5 Å². The lowest BCUT2D eigenvalue weighted by molar-refractivity contribution is -0.115. The smallest absolute Gasteiger partial charge is 0.277 e. The highest BCUT2D eigenvalue weighted by Gasteiger charge is 2.21. The van der Waals surface area contributed by atoms with Gasteiger partial charge in [0.25, 0.3) is 11.1 Å². The predicted molar refractivity (Wildman–Crippen MR) is 78.7 cm³/mol. The molecule has 2 aromatic heterocycles. The molecule has 1 atom stereocenters. The van der Waals surface area contributed by atoms with Gasteiger partial charge in [-0.25, -0.2) is 0 Å². The molecule has 0 spiro atoms. The fourth-order valence-corrected chi connectivity index (χ4v) is 3.94. The van der Waals surface area contributed by atoms with Gasteiger partial charge in [-0.1, -0.05) is 18.7 Å². The normalized spacial score (nSPS) is 17.9. The van der Waals surface area contributed by atoms with E-state index in [1.54, 1.807) is 11.3 Å². The number of rotatable bonds is 4. The number of carbonyl (C=O) groups excluding carboxylic acids is 1. The summed E-state index contributed by atoms with van der Waals surface area (Å²) in [4.78, 5) is 13.2. The van der Waals surface area contributed by atoms with Crippen LogP contribution in [0.1, 0.15) is 23.8 Å². The summed E-state index contributed by atoms with van der Waals surface area (Å²) >= 11 is 2.90. The highest BCUT2D eigenvalue weighted by atomic mass is 32.2. The van der Waals surface area contributed by atoms with Gasteiger partial charge in [0.05, 0.1) is 10.6 Å². The van der Waals surface area contributed by atoms with Gasteiger partial charge in [-0.05, 0) is 36.8 Å². The van der Waals surface area contributed by atoms with Gasteiger partial charge in [0, 0.05) is 4.88 Å². The minimum Gasteiger partial charge on any atom is -0.410 e. The van der Waals surface area contributed by atoms with E-state index in [0.29, 0.717) is 11.1 Å². The molecule has 0 aromatic carbocycles. The van der Waals surface area contributed by atoms with E-state index in [9.17, 15) is 4.79 Å². The minimum absolute atomic E-state index is 0.153. The van der Waals surface area contributed by atoms with E-state index in [-0.39, 0.29) is 5.75 Å². The number of fused-ring (bicyclic) bond motifs is 1. The van der Waals surface area contributed by atoms with Crippen molar-refractivity contribution >= 4 is 29.0 Å². The van der Waals surface area contributed by atoms with E-state index in [2.05, 4.69) is 23.2 Å². The van der Waals surface area contributed by atoms with Crippen LogP contribution in [-0.2, 0) is 17.6 Å². The monoisotopic (exact) mass is 309 g/mol. The highest BCUT2D eigenvalue weighted by Crippen LogP contribution is 2.37. The van der Waals surface area contributed by atoms with Gasteiger partial charge >= 0.3 is 0 Å². The molecule has 0 unspecified atom stereocenters. The van der Waals surface area contributed by atoms with E-state index in [1.807, 2.05) is 0 Å². The van der Waals surface area contributed by atoms with Crippen molar-refractivity contribution < 1.29 is 9.21 Å². The summed E-state index contributed by atoms with van der Waals surface area (Å²) < 4.78 is 5.57. The molecule has 2 heterocycles. The van der Waals surface area contributed by atoms with Gasteiger partial charge in [-0.2, -0.15) is 0 Å². The largest absolute Gasteiger partial charge is 0.410 e. The third-order valence-electron chi connectivity index (χ3n) is 3.28. The maximum Gasteiger partial charge on any atom is 0.277 e. The summed E-state index contributed by atoms with van der Waals surface area (Å²) in [5.74, 6) is 1.04. The maximum atomic E-state index is 10.7. The zero-order valence-corrected chi connectivity index (χ0v) is 12.7. The molecule has 5 nitrogen and oxygen atoms in total. The Kier molecular flexibility index (Phi) is 3.80.